The molecular weight excluding hydrogens is 176 g/mol. The van der Waals surface area contributed by atoms with Gasteiger partial charge < -0.3 is 5.11 Å². The second-order valence-corrected chi connectivity index (χ2v) is 3.47. The monoisotopic (exact) mass is 194 g/mol. The van der Waals surface area contributed by atoms with Crippen LogP contribution in [-0.4, -0.2) is 11.1 Å². The molecule has 0 spiro atoms. The van der Waals surface area contributed by atoms with Crippen LogP contribution in [0.5, 0.6) is 0 Å². The minimum Gasteiger partial charge on any atom is -0.478 e. The zero-order valence-electron chi connectivity index (χ0n) is 9.03. The van der Waals surface area contributed by atoms with Gasteiger partial charge in [-0.2, -0.15) is 0 Å². The van der Waals surface area contributed by atoms with Crippen molar-refractivity contribution in [3.05, 3.63) is 35.9 Å². The molecule has 2 heteroatoms. The second-order valence-electron chi connectivity index (χ2n) is 3.47. The van der Waals surface area contributed by atoms with Gasteiger partial charge in [0, 0.05) is 0 Å². The van der Waals surface area contributed by atoms with Crippen molar-refractivity contribution in [2.75, 3.05) is 0 Å². The Bertz CT molecular complexity index is 252. The van der Waals surface area contributed by atoms with E-state index in [0.29, 0.717) is 5.56 Å². The summed E-state index contributed by atoms with van der Waals surface area (Å²) in [6.45, 7) is 6.64. The molecular formula is C12H18O2. The molecule has 78 valence electrons. The lowest BCUT2D eigenvalue weighted by Crippen LogP contribution is -1.93. The molecule has 0 aliphatic carbocycles. The fourth-order valence-electron chi connectivity index (χ4n) is 0.581. The third kappa shape index (κ3) is 6.23. The Balaban J connectivity index is 0.000000292. The minimum absolute atomic E-state index is 0.331. The lowest BCUT2D eigenvalue weighted by atomic mass is 10.2. The number of carbonyl (C=O) groups is 1. The van der Waals surface area contributed by atoms with Crippen molar-refractivity contribution in [1.82, 2.24) is 0 Å². The van der Waals surface area contributed by atoms with E-state index in [1.54, 1.807) is 30.3 Å². The molecule has 1 N–H and O–H groups in total. The summed E-state index contributed by atoms with van der Waals surface area (Å²) in [5, 5.41) is 8.38. The van der Waals surface area contributed by atoms with Crippen LogP contribution in [0.4, 0.5) is 0 Å². The molecule has 1 aromatic rings. The Kier molecular flexibility index (Phi) is 6.46. The summed E-state index contributed by atoms with van der Waals surface area (Å²) < 4.78 is 0. The molecule has 0 aliphatic heterocycles. The number of hydrogen-bond acceptors (Lipinski definition) is 1. The first kappa shape index (κ1) is 12.7. The predicted octanol–water partition coefficient (Wildman–Crippen LogP) is 3.44. The van der Waals surface area contributed by atoms with E-state index in [1.165, 1.54) is 6.42 Å². The smallest absolute Gasteiger partial charge is 0.335 e. The van der Waals surface area contributed by atoms with E-state index in [9.17, 15) is 4.79 Å². The Morgan fingerprint density at radius 2 is 1.71 bits per heavy atom. The van der Waals surface area contributed by atoms with Gasteiger partial charge in [-0.25, -0.2) is 4.79 Å². The first-order chi connectivity index (χ1) is 6.57. The highest BCUT2D eigenvalue weighted by atomic mass is 16.4. The fourth-order valence-corrected chi connectivity index (χ4v) is 0.581. The van der Waals surface area contributed by atoms with Crippen LogP contribution in [0.15, 0.2) is 30.3 Å². The average molecular weight is 194 g/mol. The van der Waals surface area contributed by atoms with Gasteiger partial charge in [0.15, 0.2) is 0 Å². The largest absolute Gasteiger partial charge is 0.478 e. The van der Waals surface area contributed by atoms with Gasteiger partial charge in [0.25, 0.3) is 0 Å². The van der Waals surface area contributed by atoms with Crippen molar-refractivity contribution < 1.29 is 9.90 Å². The van der Waals surface area contributed by atoms with Gasteiger partial charge in [0.2, 0.25) is 0 Å². The van der Waals surface area contributed by atoms with Crippen LogP contribution in [0.1, 0.15) is 37.6 Å². The van der Waals surface area contributed by atoms with E-state index in [4.69, 9.17) is 5.11 Å². The van der Waals surface area contributed by atoms with Crippen LogP contribution < -0.4 is 0 Å². The van der Waals surface area contributed by atoms with Gasteiger partial charge in [-0.3, -0.25) is 0 Å². The standard InChI is InChI=1S/C7H6O2.C5H12/c8-7(9)6-4-2-1-3-5-6;1-4-5(2)3/h1-5H,(H,8,9);5H,4H2,1-3H3. The molecule has 0 unspecified atom stereocenters. The van der Waals surface area contributed by atoms with E-state index in [0.717, 1.165) is 5.92 Å². The Morgan fingerprint density at radius 1 is 1.29 bits per heavy atom. The molecule has 0 bridgehead atoms. The summed E-state index contributed by atoms with van der Waals surface area (Å²) in [7, 11) is 0. The zero-order chi connectivity index (χ0) is 11.0. The number of aromatic carboxylic acids is 1. The molecule has 2 nitrogen and oxygen atoms in total. The van der Waals surface area contributed by atoms with Crippen molar-refractivity contribution in [1.29, 1.82) is 0 Å². The fraction of sp³-hybridized carbons (Fsp3) is 0.417. The van der Waals surface area contributed by atoms with Crippen LogP contribution in [0, 0.1) is 5.92 Å². The third-order valence-corrected chi connectivity index (χ3v) is 1.84. The maximum Gasteiger partial charge on any atom is 0.335 e. The van der Waals surface area contributed by atoms with Crippen LogP contribution in [0.3, 0.4) is 0 Å². The quantitative estimate of drug-likeness (QED) is 0.783. The summed E-state index contributed by atoms with van der Waals surface area (Å²) in [6, 6.07) is 8.30. The van der Waals surface area contributed by atoms with Gasteiger partial charge in [-0.1, -0.05) is 45.4 Å². The molecule has 14 heavy (non-hydrogen) atoms. The summed E-state index contributed by atoms with van der Waals surface area (Å²) in [5.74, 6) is 0.00519. The topological polar surface area (TPSA) is 37.3 Å². The van der Waals surface area contributed by atoms with Gasteiger partial charge in [0.1, 0.15) is 0 Å². The van der Waals surface area contributed by atoms with Crippen LogP contribution in [0.25, 0.3) is 0 Å². The number of rotatable bonds is 2. The summed E-state index contributed by atoms with van der Waals surface area (Å²) in [6.07, 6.45) is 1.31. The van der Waals surface area contributed by atoms with Crippen molar-refractivity contribution >= 4 is 5.97 Å². The zero-order valence-corrected chi connectivity index (χ0v) is 9.03. The first-order valence-electron chi connectivity index (χ1n) is 4.86. The Labute approximate surface area is 85.6 Å². The van der Waals surface area contributed by atoms with Crippen molar-refractivity contribution in [3.63, 3.8) is 0 Å². The van der Waals surface area contributed by atoms with E-state index < -0.39 is 5.97 Å². The molecule has 0 aliphatic rings. The van der Waals surface area contributed by atoms with Crippen LogP contribution in [0.2, 0.25) is 0 Å². The SMILES string of the molecule is CCC(C)C.O=C(O)c1ccccc1. The normalized spacial score (nSPS) is 9.14. The molecule has 0 amide bonds. The van der Waals surface area contributed by atoms with E-state index in [1.807, 2.05) is 0 Å². The molecule has 0 fully saturated rings. The predicted molar refractivity (Wildman–Crippen MR) is 58.5 cm³/mol. The third-order valence-electron chi connectivity index (χ3n) is 1.84. The van der Waals surface area contributed by atoms with Crippen molar-refractivity contribution in [3.8, 4) is 0 Å². The summed E-state index contributed by atoms with van der Waals surface area (Å²) in [5.41, 5.74) is 0.331. The molecule has 0 radical (unpaired) electrons. The van der Waals surface area contributed by atoms with Gasteiger partial charge in [-0.05, 0) is 18.1 Å². The first-order valence-corrected chi connectivity index (χ1v) is 4.86. The average Bonchev–Trinajstić information content (AvgIpc) is 2.20. The highest BCUT2D eigenvalue weighted by Crippen LogP contribution is 1.96. The van der Waals surface area contributed by atoms with Crippen molar-refractivity contribution in [2.45, 2.75) is 27.2 Å². The summed E-state index contributed by atoms with van der Waals surface area (Å²) >= 11 is 0. The van der Waals surface area contributed by atoms with E-state index in [-0.39, 0.29) is 0 Å². The lowest BCUT2D eigenvalue weighted by Gasteiger charge is -1.90. The van der Waals surface area contributed by atoms with Gasteiger partial charge in [0.05, 0.1) is 5.56 Å². The lowest BCUT2D eigenvalue weighted by molar-refractivity contribution is 0.0697. The molecule has 1 rings (SSSR count). The van der Waals surface area contributed by atoms with Crippen LogP contribution in [-0.2, 0) is 0 Å². The minimum atomic E-state index is -0.879. The molecule has 0 aromatic heterocycles. The highest BCUT2D eigenvalue weighted by Gasteiger charge is 1.96. The number of carboxylic acids is 1. The maximum atomic E-state index is 10.2. The number of benzene rings is 1. The molecule has 0 saturated carbocycles. The van der Waals surface area contributed by atoms with Crippen molar-refractivity contribution in [2.24, 2.45) is 5.92 Å². The Morgan fingerprint density at radius 3 is 1.93 bits per heavy atom. The van der Waals surface area contributed by atoms with Crippen LogP contribution >= 0.6 is 0 Å². The molecule has 0 heterocycles. The molecule has 0 atom stereocenters. The number of carboxylic acid groups (broad SMARTS) is 1. The Hall–Kier alpha value is -1.31. The molecule has 0 saturated heterocycles. The highest BCUT2D eigenvalue weighted by molar-refractivity contribution is 5.87. The number of hydrogen-bond donors (Lipinski definition) is 1. The maximum absolute atomic E-state index is 10.2. The second kappa shape index (κ2) is 7.13. The summed E-state index contributed by atoms with van der Waals surface area (Å²) in [4.78, 5) is 10.2. The van der Waals surface area contributed by atoms with Gasteiger partial charge in [-0.15, -0.1) is 0 Å². The van der Waals surface area contributed by atoms with E-state index in [2.05, 4.69) is 20.8 Å². The molecule has 1 aromatic carbocycles. The van der Waals surface area contributed by atoms with Gasteiger partial charge >= 0.3 is 5.97 Å². The van der Waals surface area contributed by atoms with E-state index >= 15 is 0 Å².